The molecule has 1 aromatic heterocycles. The van der Waals surface area contributed by atoms with Gasteiger partial charge in [0, 0.05) is 17.1 Å². The normalized spacial score (nSPS) is 11.5. The van der Waals surface area contributed by atoms with E-state index < -0.39 is 10.0 Å². The molecular formula is C15H12BrClN4O2S. The molecule has 2 aromatic carbocycles. The van der Waals surface area contributed by atoms with Crippen LogP contribution in [-0.4, -0.2) is 23.2 Å². The first-order valence-electron chi connectivity index (χ1n) is 6.80. The molecule has 0 saturated heterocycles. The molecule has 0 saturated carbocycles. The van der Waals surface area contributed by atoms with Crippen molar-refractivity contribution >= 4 is 43.2 Å². The van der Waals surface area contributed by atoms with Crippen LogP contribution in [0, 0.1) is 0 Å². The van der Waals surface area contributed by atoms with Crippen LogP contribution in [0.3, 0.4) is 0 Å². The van der Waals surface area contributed by atoms with Crippen LogP contribution in [0.4, 0.5) is 5.69 Å². The second-order valence-electron chi connectivity index (χ2n) is 4.99. The van der Waals surface area contributed by atoms with Crippen LogP contribution in [-0.2, 0) is 17.1 Å². The van der Waals surface area contributed by atoms with Gasteiger partial charge in [0.25, 0.3) is 10.0 Å². The lowest BCUT2D eigenvalue weighted by atomic mass is 10.2. The summed E-state index contributed by atoms with van der Waals surface area (Å²) < 4.78 is 30.4. The van der Waals surface area contributed by atoms with Crippen molar-refractivity contribution in [2.75, 3.05) is 4.72 Å². The number of hydrogen-bond acceptors (Lipinski definition) is 4. The Morgan fingerprint density at radius 1 is 1.21 bits per heavy atom. The zero-order valence-corrected chi connectivity index (χ0v) is 15.6. The molecule has 24 heavy (non-hydrogen) atoms. The van der Waals surface area contributed by atoms with Gasteiger partial charge in [-0.1, -0.05) is 39.7 Å². The number of anilines is 1. The molecule has 0 fully saturated rings. The van der Waals surface area contributed by atoms with E-state index in [1.54, 1.807) is 48.3 Å². The monoisotopic (exact) mass is 426 g/mol. The number of aryl methyl sites for hydroxylation is 1. The van der Waals surface area contributed by atoms with E-state index in [9.17, 15) is 8.42 Å². The summed E-state index contributed by atoms with van der Waals surface area (Å²) in [5.74, 6) is 0.551. The van der Waals surface area contributed by atoms with E-state index in [0.29, 0.717) is 21.5 Å². The smallest absolute Gasteiger partial charge is 0.263 e. The lowest BCUT2D eigenvalue weighted by Gasteiger charge is -2.13. The number of hydrogen-bond donors (Lipinski definition) is 1. The summed E-state index contributed by atoms with van der Waals surface area (Å²) in [5.41, 5.74) is 1.02. The Hall–Kier alpha value is -1.90. The number of halogens is 2. The third kappa shape index (κ3) is 3.31. The first-order valence-corrected chi connectivity index (χ1v) is 9.45. The number of benzene rings is 2. The van der Waals surface area contributed by atoms with E-state index in [2.05, 4.69) is 30.8 Å². The molecule has 3 rings (SSSR count). The Balaban J connectivity index is 2.04. The van der Waals surface area contributed by atoms with Gasteiger partial charge in [-0.15, -0.1) is 10.2 Å². The first kappa shape index (κ1) is 16.9. The minimum absolute atomic E-state index is 0.000125. The van der Waals surface area contributed by atoms with Gasteiger partial charge >= 0.3 is 0 Å². The number of aromatic nitrogens is 3. The van der Waals surface area contributed by atoms with E-state index in [4.69, 9.17) is 11.6 Å². The first-order chi connectivity index (χ1) is 11.4. The van der Waals surface area contributed by atoms with Crippen molar-refractivity contribution in [3.8, 4) is 11.4 Å². The van der Waals surface area contributed by atoms with Gasteiger partial charge < -0.3 is 4.57 Å². The molecule has 0 aliphatic carbocycles. The van der Waals surface area contributed by atoms with Crippen molar-refractivity contribution < 1.29 is 8.42 Å². The number of sulfonamides is 1. The van der Waals surface area contributed by atoms with Crippen molar-refractivity contribution in [2.24, 2.45) is 7.05 Å². The van der Waals surface area contributed by atoms with E-state index in [-0.39, 0.29) is 9.92 Å². The molecule has 1 N–H and O–H groups in total. The van der Waals surface area contributed by atoms with Crippen LogP contribution in [0.1, 0.15) is 0 Å². The van der Waals surface area contributed by atoms with E-state index in [1.807, 2.05) is 0 Å². The van der Waals surface area contributed by atoms with Crippen molar-refractivity contribution in [3.05, 3.63) is 58.3 Å². The minimum atomic E-state index is -3.85. The highest BCUT2D eigenvalue weighted by molar-refractivity contribution is 9.10. The molecular weight excluding hydrogens is 416 g/mol. The fourth-order valence-corrected chi connectivity index (χ4v) is 4.31. The maximum Gasteiger partial charge on any atom is 0.263 e. The van der Waals surface area contributed by atoms with Gasteiger partial charge in [0.2, 0.25) is 0 Å². The molecule has 124 valence electrons. The summed E-state index contributed by atoms with van der Waals surface area (Å²) in [5, 5.41) is 7.98. The van der Waals surface area contributed by atoms with Gasteiger partial charge in [0.05, 0.1) is 10.7 Å². The summed E-state index contributed by atoms with van der Waals surface area (Å²) in [6.45, 7) is 0. The maximum atomic E-state index is 12.7. The molecule has 0 atom stereocenters. The number of rotatable bonds is 4. The molecule has 1 heterocycles. The third-order valence-electron chi connectivity index (χ3n) is 3.31. The zero-order valence-electron chi connectivity index (χ0n) is 12.4. The molecule has 0 aliphatic heterocycles. The van der Waals surface area contributed by atoms with Gasteiger partial charge in [0.1, 0.15) is 11.2 Å². The average molecular weight is 428 g/mol. The third-order valence-corrected chi connectivity index (χ3v) is 5.65. The molecule has 6 nitrogen and oxygen atoms in total. The highest BCUT2D eigenvalue weighted by atomic mass is 79.9. The molecule has 0 unspecified atom stereocenters. The highest BCUT2D eigenvalue weighted by Gasteiger charge is 2.20. The molecule has 0 aliphatic rings. The summed E-state index contributed by atoms with van der Waals surface area (Å²) >= 11 is 9.33. The van der Waals surface area contributed by atoms with Crippen LogP contribution < -0.4 is 4.72 Å². The topological polar surface area (TPSA) is 76.9 Å². The van der Waals surface area contributed by atoms with Crippen LogP contribution in [0.5, 0.6) is 0 Å². The van der Waals surface area contributed by atoms with Crippen LogP contribution >= 0.6 is 27.5 Å². The predicted molar refractivity (Wildman–Crippen MR) is 96.4 cm³/mol. The lowest BCUT2D eigenvalue weighted by molar-refractivity contribution is 0.601. The summed E-state index contributed by atoms with van der Waals surface area (Å²) in [6, 6.07) is 11.6. The number of para-hydroxylation sites is 1. The SMILES string of the molecule is Cn1cnnc1-c1ccccc1NS(=O)(=O)c1ccc(Br)cc1Cl. The molecule has 0 radical (unpaired) electrons. The van der Waals surface area contributed by atoms with Gasteiger partial charge in [-0.05, 0) is 30.3 Å². The van der Waals surface area contributed by atoms with Crippen LogP contribution in [0.25, 0.3) is 11.4 Å². The van der Waals surface area contributed by atoms with E-state index in [1.165, 1.54) is 12.1 Å². The Morgan fingerprint density at radius 3 is 2.62 bits per heavy atom. The Kier molecular flexibility index (Phi) is 4.62. The largest absolute Gasteiger partial charge is 0.317 e. The quantitative estimate of drug-likeness (QED) is 0.689. The summed E-state index contributed by atoms with van der Waals surface area (Å²) in [7, 11) is -2.06. The zero-order chi connectivity index (χ0) is 17.3. The van der Waals surface area contributed by atoms with Crippen molar-refractivity contribution in [1.82, 2.24) is 14.8 Å². The molecule has 3 aromatic rings. The Bertz CT molecular complexity index is 1000. The lowest BCUT2D eigenvalue weighted by Crippen LogP contribution is -2.14. The Morgan fingerprint density at radius 2 is 1.96 bits per heavy atom. The number of nitrogens with one attached hydrogen (secondary N) is 1. The molecule has 0 amide bonds. The average Bonchev–Trinajstić information content (AvgIpc) is 2.93. The Labute approximate surface area is 152 Å². The highest BCUT2D eigenvalue weighted by Crippen LogP contribution is 2.30. The predicted octanol–water partition coefficient (Wildman–Crippen LogP) is 3.70. The summed E-state index contributed by atoms with van der Waals surface area (Å²) in [4.78, 5) is 0.000125. The second kappa shape index (κ2) is 6.54. The molecule has 0 spiro atoms. The van der Waals surface area contributed by atoms with Gasteiger partial charge in [-0.25, -0.2) is 8.42 Å². The van der Waals surface area contributed by atoms with Crippen molar-refractivity contribution in [3.63, 3.8) is 0 Å². The maximum absolute atomic E-state index is 12.7. The van der Waals surface area contributed by atoms with Crippen LogP contribution in [0.2, 0.25) is 5.02 Å². The van der Waals surface area contributed by atoms with E-state index in [0.717, 1.165) is 0 Å². The van der Waals surface area contributed by atoms with Gasteiger partial charge in [-0.3, -0.25) is 4.72 Å². The van der Waals surface area contributed by atoms with Gasteiger partial charge in [0.15, 0.2) is 5.82 Å². The second-order valence-corrected chi connectivity index (χ2v) is 7.96. The number of nitrogens with zero attached hydrogens (tertiary/aromatic N) is 3. The van der Waals surface area contributed by atoms with Crippen molar-refractivity contribution in [2.45, 2.75) is 4.90 Å². The fourth-order valence-electron chi connectivity index (χ4n) is 2.19. The fraction of sp³-hybridized carbons (Fsp3) is 0.0667. The van der Waals surface area contributed by atoms with Crippen molar-refractivity contribution in [1.29, 1.82) is 0 Å². The van der Waals surface area contributed by atoms with E-state index >= 15 is 0 Å². The minimum Gasteiger partial charge on any atom is -0.317 e. The standard InChI is InChI=1S/C15H12BrClN4O2S/c1-21-9-18-19-15(21)11-4-2-3-5-13(11)20-24(22,23)14-7-6-10(16)8-12(14)17/h2-9,20H,1H3. The van der Waals surface area contributed by atoms with Gasteiger partial charge in [-0.2, -0.15) is 0 Å². The van der Waals surface area contributed by atoms with Crippen LogP contribution in [0.15, 0.2) is 58.2 Å². The molecule has 9 heteroatoms. The summed E-state index contributed by atoms with van der Waals surface area (Å²) in [6.07, 6.45) is 1.55. The molecule has 0 bridgehead atoms.